The molecule has 0 saturated heterocycles. The van der Waals surface area contributed by atoms with E-state index in [0.717, 1.165) is 21.8 Å². The molecule has 0 aromatic heterocycles. The highest BCUT2D eigenvalue weighted by atomic mass is 35.5. The maximum absolute atomic E-state index is 12.2. The van der Waals surface area contributed by atoms with E-state index in [0.29, 0.717) is 24.7 Å². The molecule has 0 spiro atoms. The fourth-order valence-corrected chi connectivity index (χ4v) is 3.42. The molecule has 3 aromatic carbocycles. The highest BCUT2D eigenvalue weighted by molar-refractivity contribution is 6.31. The van der Waals surface area contributed by atoms with Crippen LogP contribution in [0.1, 0.15) is 31.0 Å². The number of benzene rings is 3. The summed E-state index contributed by atoms with van der Waals surface area (Å²) in [6.07, 6.45) is 0. The molecular formula is C25H27ClN2O3. The zero-order valence-electron chi connectivity index (χ0n) is 17.7. The molecule has 5 nitrogen and oxygen atoms in total. The van der Waals surface area contributed by atoms with Gasteiger partial charge in [0.05, 0.1) is 6.61 Å². The van der Waals surface area contributed by atoms with E-state index in [1.165, 1.54) is 0 Å². The molecule has 31 heavy (non-hydrogen) atoms. The third-order valence-corrected chi connectivity index (χ3v) is 5.05. The average Bonchev–Trinajstić information content (AvgIpc) is 2.78. The van der Waals surface area contributed by atoms with Gasteiger partial charge in [-0.05, 0) is 55.3 Å². The zero-order valence-corrected chi connectivity index (χ0v) is 18.5. The lowest BCUT2D eigenvalue weighted by Crippen LogP contribution is -2.20. The molecule has 3 rings (SSSR count). The predicted molar refractivity (Wildman–Crippen MR) is 125 cm³/mol. The molecule has 0 aliphatic carbocycles. The normalized spacial score (nSPS) is 11.6. The smallest absolute Gasteiger partial charge is 0.262 e. The van der Waals surface area contributed by atoms with Crippen molar-refractivity contribution in [2.45, 2.75) is 26.4 Å². The summed E-state index contributed by atoms with van der Waals surface area (Å²) >= 11 is 6.29. The summed E-state index contributed by atoms with van der Waals surface area (Å²) in [5.41, 5.74) is 2.83. The van der Waals surface area contributed by atoms with Gasteiger partial charge in [0.25, 0.3) is 5.91 Å². The summed E-state index contributed by atoms with van der Waals surface area (Å²) in [5.74, 6) is 0.917. The van der Waals surface area contributed by atoms with Gasteiger partial charge in [0.2, 0.25) is 0 Å². The van der Waals surface area contributed by atoms with Gasteiger partial charge in [-0.1, -0.05) is 54.1 Å². The molecular weight excluding hydrogens is 412 g/mol. The van der Waals surface area contributed by atoms with Gasteiger partial charge in [-0.15, -0.1) is 0 Å². The Bertz CT molecular complexity index is 995. The molecule has 2 N–H and O–H groups in total. The molecule has 0 fully saturated rings. The number of carbonyl (C=O) groups excluding carboxylic acids is 1. The van der Waals surface area contributed by atoms with E-state index in [9.17, 15) is 4.79 Å². The molecule has 0 heterocycles. The second-order valence-electron chi connectivity index (χ2n) is 7.04. The highest BCUT2D eigenvalue weighted by Gasteiger charge is 2.12. The summed E-state index contributed by atoms with van der Waals surface area (Å²) in [4.78, 5) is 12.2. The largest absolute Gasteiger partial charge is 0.490 e. The van der Waals surface area contributed by atoms with Crippen molar-refractivity contribution in [3.05, 3.63) is 88.9 Å². The van der Waals surface area contributed by atoms with Crippen molar-refractivity contribution < 1.29 is 14.3 Å². The van der Waals surface area contributed by atoms with Gasteiger partial charge in [-0.25, -0.2) is 0 Å². The maximum atomic E-state index is 12.2. The van der Waals surface area contributed by atoms with E-state index in [-0.39, 0.29) is 18.6 Å². The number of rotatable bonds is 10. The minimum atomic E-state index is -0.229. The third-order valence-electron chi connectivity index (χ3n) is 4.71. The molecule has 0 bridgehead atoms. The van der Waals surface area contributed by atoms with Crippen LogP contribution in [-0.2, 0) is 11.3 Å². The second kappa shape index (κ2) is 11.4. The van der Waals surface area contributed by atoms with E-state index in [4.69, 9.17) is 21.1 Å². The Morgan fingerprint density at radius 2 is 1.71 bits per heavy atom. The van der Waals surface area contributed by atoms with Crippen LogP contribution in [0.3, 0.4) is 0 Å². The van der Waals surface area contributed by atoms with Crippen molar-refractivity contribution in [3.63, 3.8) is 0 Å². The Labute approximate surface area is 188 Å². The topological polar surface area (TPSA) is 59.6 Å². The number of nitrogens with one attached hydrogen (secondary N) is 2. The lowest BCUT2D eigenvalue weighted by atomic mass is 10.1. The summed E-state index contributed by atoms with van der Waals surface area (Å²) in [6, 6.07) is 22.9. The third kappa shape index (κ3) is 6.74. The summed E-state index contributed by atoms with van der Waals surface area (Å²) in [7, 11) is 0. The first-order valence-corrected chi connectivity index (χ1v) is 10.7. The Hall–Kier alpha value is -3.02. The summed E-state index contributed by atoms with van der Waals surface area (Å²) in [5, 5.41) is 7.03. The monoisotopic (exact) mass is 438 g/mol. The van der Waals surface area contributed by atoms with Crippen LogP contribution in [0.5, 0.6) is 11.5 Å². The molecule has 0 aliphatic rings. The minimum Gasteiger partial charge on any atom is -0.490 e. The Morgan fingerprint density at radius 3 is 2.45 bits per heavy atom. The van der Waals surface area contributed by atoms with Gasteiger partial charge in [-0.3, -0.25) is 4.79 Å². The standard InChI is InChI=1S/C25H27ClN2O3/c1-3-30-24-15-19(16-27-18(2)21-11-7-8-12-22(21)26)13-14-23(24)31-17-25(29)28-20-9-5-4-6-10-20/h4-15,18,27H,3,16-17H2,1-2H3,(H,28,29). The van der Waals surface area contributed by atoms with Gasteiger partial charge in [0.15, 0.2) is 18.1 Å². The quantitative estimate of drug-likeness (QED) is 0.432. The molecule has 0 saturated carbocycles. The first-order valence-electron chi connectivity index (χ1n) is 10.3. The van der Waals surface area contributed by atoms with E-state index >= 15 is 0 Å². The summed E-state index contributed by atoms with van der Waals surface area (Å²) < 4.78 is 11.4. The Morgan fingerprint density at radius 1 is 0.968 bits per heavy atom. The number of hydrogen-bond donors (Lipinski definition) is 2. The molecule has 0 aliphatic heterocycles. The van der Waals surface area contributed by atoms with Crippen molar-refractivity contribution in [3.8, 4) is 11.5 Å². The molecule has 1 unspecified atom stereocenters. The van der Waals surface area contributed by atoms with E-state index < -0.39 is 0 Å². The molecule has 1 amide bonds. The average molecular weight is 439 g/mol. The van der Waals surface area contributed by atoms with Crippen LogP contribution < -0.4 is 20.1 Å². The minimum absolute atomic E-state index is 0.0989. The predicted octanol–water partition coefficient (Wildman–Crippen LogP) is 5.61. The van der Waals surface area contributed by atoms with Crippen molar-refractivity contribution >= 4 is 23.2 Å². The molecule has 162 valence electrons. The van der Waals surface area contributed by atoms with E-state index in [1.807, 2.05) is 79.7 Å². The van der Waals surface area contributed by atoms with Crippen LogP contribution in [0.4, 0.5) is 5.69 Å². The number of hydrogen-bond acceptors (Lipinski definition) is 4. The number of anilines is 1. The van der Waals surface area contributed by atoms with Crippen LogP contribution in [-0.4, -0.2) is 19.1 Å². The van der Waals surface area contributed by atoms with Crippen LogP contribution in [0.15, 0.2) is 72.8 Å². The number of ether oxygens (including phenoxy) is 2. The lowest BCUT2D eigenvalue weighted by Gasteiger charge is -2.17. The van der Waals surface area contributed by atoms with Crippen LogP contribution in [0.2, 0.25) is 5.02 Å². The SMILES string of the molecule is CCOc1cc(CNC(C)c2ccccc2Cl)ccc1OCC(=O)Nc1ccccc1. The van der Waals surface area contributed by atoms with E-state index in [1.54, 1.807) is 0 Å². The van der Waals surface area contributed by atoms with Gasteiger partial charge in [0, 0.05) is 23.3 Å². The molecule has 3 aromatic rings. The van der Waals surface area contributed by atoms with Crippen molar-refractivity contribution in [2.24, 2.45) is 0 Å². The van der Waals surface area contributed by atoms with Gasteiger partial charge in [-0.2, -0.15) is 0 Å². The Balaban J connectivity index is 1.59. The fourth-order valence-electron chi connectivity index (χ4n) is 3.12. The number of amides is 1. The molecule has 0 radical (unpaired) electrons. The number of para-hydroxylation sites is 1. The Kier molecular flexibility index (Phi) is 8.33. The van der Waals surface area contributed by atoms with Gasteiger partial charge in [0.1, 0.15) is 0 Å². The molecule has 1 atom stereocenters. The highest BCUT2D eigenvalue weighted by Crippen LogP contribution is 2.29. The van der Waals surface area contributed by atoms with Crippen molar-refractivity contribution in [1.29, 1.82) is 0 Å². The van der Waals surface area contributed by atoms with E-state index in [2.05, 4.69) is 17.6 Å². The van der Waals surface area contributed by atoms with Crippen LogP contribution in [0, 0.1) is 0 Å². The summed E-state index contributed by atoms with van der Waals surface area (Å²) in [6.45, 7) is 5.03. The molecule has 6 heteroatoms. The number of carbonyl (C=O) groups is 1. The second-order valence-corrected chi connectivity index (χ2v) is 7.45. The maximum Gasteiger partial charge on any atom is 0.262 e. The first-order chi connectivity index (χ1) is 15.1. The van der Waals surface area contributed by atoms with Crippen molar-refractivity contribution in [1.82, 2.24) is 5.32 Å². The number of halogens is 1. The van der Waals surface area contributed by atoms with Crippen LogP contribution in [0.25, 0.3) is 0 Å². The fraction of sp³-hybridized carbons (Fsp3) is 0.240. The first kappa shape index (κ1) is 22.7. The van der Waals surface area contributed by atoms with Gasteiger partial charge >= 0.3 is 0 Å². The zero-order chi connectivity index (χ0) is 22.1. The van der Waals surface area contributed by atoms with Crippen LogP contribution >= 0.6 is 11.6 Å². The van der Waals surface area contributed by atoms with Gasteiger partial charge < -0.3 is 20.1 Å². The van der Waals surface area contributed by atoms with Crippen molar-refractivity contribution in [2.75, 3.05) is 18.5 Å². The lowest BCUT2D eigenvalue weighted by molar-refractivity contribution is -0.118.